The average Bonchev–Trinajstić information content (AvgIpc) is 0.811. The predicted octanol–water partition coefficient (Wildman–Crippen LogP) is -2.41. The molecule has 4 heavy (non-hydrogen) atoms. The van der Waals surface area contributed by atoms with Crippen molar-refractivity contribution in [3.05, 3.63) is 0 Å². The van der Waals surface area contributed by atoms with Gasteiger partial charge in [0, 0.05) is 0 Å². The second kappa shape index (κ2) is 1.46. The zero-order valence-corrected chi connectivity index (χ0v) is 4.60. The lowest BCUT2D eigenvalue weighted by Crippen LogP contribution is -2.17. The van der Waals surface area contributed by atoms with Gasteiger partial charge in [-0.1, -0.05) is 0 Å². The van der Waals surface area contributed by atoms with E-state index in [0.29, 0.717) is 10.2 Å². The van der Waals surface area contributed by atoms with E-state index >= 15 is 0 Å². The molecule has 0 aliphatic rings. The second-order valence-electron chi connectivity index (χ2n) is 0.741. The maximum atomic E-state index is 7.90. The van der Waals surface area contributed by atoms with Crippen LogP contribution in [0.25, 0.3) is 0 Å². The molecule has 2 nitrogen and oxygen atoms in total. The number of aliphatic hydroxyl groups excluding tert-OH is 1. The van der Waals surface area contributed by atoms with Crippen molar-refractivity contribution in [3.8, 4) is 0 Å². The summed E-state index contributed by atoms with van der Waals surface area (Å²) in [7, 11) is 0.682. The zero-order chi connectivity index (χ0) is 3.58. The number of hydrogen-bond acceptors (Lipinski definition) is 2. The second-order valence-corrected chi connectivity index (χ2v) is 1.92. The Hall–Kier alpha value is 0.137. The van der Waals surface area contributed by atoms with Gasteiger partial charge in [-0.3, -0.25) is 0 Å². The van der Waals surface area contributed by atoms with Crippen LogP contribution in [0.4, 0.5) is 0 Å². The topological polar surface area (TPSA) is 46.2 Å². The van der Waals surface area contributed by atoms with Crippen molar-refractivity contribution < 1.29 is 5.11 Å². The van der Waals surface area contributed by atoms with Crippen LogP contribution >= 0.6 is 0 Å². The Kier molecular flexibility index (Phi) is 1.51. The molecule has 3 N–H and O–H groups in total. The Morgan fingerprint density at radius 3 is 2.00 bits per heavy atom. The fraction of sp³-hybridized carbons (Fsp3) is 1.00. The molecule has 0 fully saturated rings. The van der Waals surface area contributed by atoms with Gasteiger partial charge in [0.25, 0.3) is 0 Å². The molecular formula is CH7NOSi. The molecule has 0 saturated heterocycles. The third-order valence-corrected chi connectivity index (χ3v) is 0. The molecule has 0 radical (unpaired) electrons. The van der Waals surface area contributed by atoms with Crippen molar-refractivity contribution in [1.29, 1.82) is 0 Å². The number of rotatable bonds is 0. The molecule has 3 heteroatoms. The predicted molar refractivity (Wildman–Crippen MR) is 20.1 cm³/mol. The van der Waals surface area contributed by atoms with Crippen LogP contribution < -0.4 is 5.73 Å². The minimum absolute atomic E-state index is 0.528. The Morgan fingerprint density at radius 1 is 2.00 bits per heavy atom. The van der Waals surface area contributed by atoms with Gasteiger partial charge in [0.2, 0.25) is 0 Å². The first kappa shape index (κ1) is 4.14. The molecule has 26 valence electrons. The SMILES string of the molecule is NC(O)[SiH3]. The zero-order valence-electron chi connectivity index (χ0n) is 2.60. The molecule has 1 unspecified atom stereocenters. The normalized spacial score (nSPS) is 16.5. The average molecular weight is 77.2 g/mol. The van der Waals surface area contributed by atoms with E-state index in [-0.39, 0.29) is 0 Å². The van der Waals surface area contributed by atoms with E-state index in [2.05, 4.69) is 0 Å². The van der Waals surface area contributed by atoms with Gasteiger partial charge in [0.1, 0.15) is 0 Å². The van der Waals surface area contributed by atoms with Gasteiger partial charge < -0.3 is 10.8 Å². The number of aliphatic hydroxyl groups is 1. The van der Waals surface area contributed by atoms with Gasteiger partial charge in [-0.25, -0.2) is 0 Å². The van der Waals surface area contributed by atoms with Crippen LogP contribution in [0.1, 0.15) is 0 Å². The lowest BCUT2D eigenvalue weighted by molar-refractivity contribution is 0.264. The van der Waals surface area contributed by atoms with E-state index in [1.165, 1.54) is 0 Å². The monoisotopic (exact) mass is 77.0 g/mol. The van der Waals surface area contributed by atoms with Crippen LogP contribution in [0.3, 0.4) is 0 Å². The Morgan fingerprint density at radius 2 is 2.00 bits per heavy atom. The molecule has 0 aliphatic carbocycles. The molecule has 0 heterocycles. The summed E-state index contributed by atoms with van der Waals surface area (Å²) in [6.45, 7) is 0. The number of nitrogens with two attached hydrogens (primary N) is 1. The van der Waals surface area contributed by atoms with E-state index < -0.39 is 5.85 Å². The minimum Gasteiger partial charge on any atom is -0.383 e. The van der Waals surface area contributed by atoms with E-state index in [9.17, 15) is 0 Å². The van der Waals surface area contributed by atoms with Crippen LogP contribution in [-0.4, -0.2) is 21.2 Å². The molecule has 0 rings (SSSR count). The lowest BCUT2D eigenvalue weighted by atomic mass is 11.4. The van der Waals surface area contributed by atoms with Gasteiger partial charge in [-0.05, 0) is 0 Å². The van der Waals surface area contributed by atoms with Gasteiger partial charge >= 0.3 is 0 Å². The summed E-state index contributed by atoms with van der Waals surface area (Å²) >= 11 is 0. The van der Waals surface area contributed by atoms with Crippen molar-refractivity contribution in [1.82, 2.24) is 0 Å². The van der Waals surface area contributed by atoms with Crippen LogP contribution in [0.5, 0.6) is 0 Å². The van der Waals surface area contributed by atoms with Crippen molar-refractivity contribution >= 4 is 10.2 Å². The molecule has 0 aliphatic heterocycles. The van der Waals surface area contributed by atoms with E-state index in [1.54, 1.807) is 0 Å². The Labute approximate surface area is 28.0 Å². The van der Waals surface area contributed by atoms with Gasteiger partial charge in [0.05, 0.1) is 16.1 Å². The maximum Gasteiger partial charge on any atom is 0.0785 e. The van der Waals surface area contributed by atoms with Crippen molar-refractivity contribution in [2.75, 3.05) is 0 Å². The molecule has 0 amide bonds. The van der Waals surface area contributed by atoms with E-state index in [0.717, 1.165) is 0 Å². The summed E-state index contributed by atoms with van der Waals surface area (Å²) in [6.07, 6.45) is 0. The number of hydrogen-bond donors (Lipinski definition) is 2. The van der Waals surface area contributed by atoms with Crippen LogP contribution in [-0.2, 0) is 0 Å². The summed E-state index contributed by atoms with van der Waals surface area (Å²) in [5, 5.41) is 7.90. The molecule has 1 atom stereocenters. The fourth-order valence-electron chi connectivity index (χ4n) is 0. The first-order chi connectivity index (χ1) is 1.73. The van der Waals surface area contributed by atoms with Gasteiger partial charge in [-0.15, -0.1) is 0 Å². The first-order valence-corrected chi connectivity index (χ1v) is 2.32. The van der Waals surface area contributed by atoms with E-state index in [4.69, 9.17) is 10.8 Å². The minimum atomic E-state index is -0.528. The molecule has 0 aromatic carbocycles. The quantitative estimate of drug-likeness (QED) is 0.250. The highest BCUT2D eigenvalue weighted by Crippen LogP contribution is 1.38. The first-order valence-electron chi connectivity index (χ1n) is 1.17. The third-order valence-electron chi connectivity index (χ3n) is 0. The smallest absolute Gasteiger partial charge is 0.0785 e. The Bertz CT molecular complexity index is 12.8. The fourth-order valence-corrected chi connectivity index (χ4v) is 0. The Balaban J connectivity index is 2.32. The summed E-state index contributed by atoms with van der Waals surface area (Å²) in [5.74, 6) is -0.528. The third kappa shape index (κ3) is 147. The summed E-state index contributed by atoms with van der Waals surface area (Å²) in [5.41, 5.74) is 4.73. The molecule has 0 aromatic rings. The standard InChI is InChI=1S/CH7NOSi/c2-1(3)4/h1,3H,2H2,4H3. The van der Waals surface area contributed by atoms with Gasteiger partial charge in [0.15, 0.2) is 0 Å². The van der Waals surface area contributed by atoms with Crippen molar-refractivity contribution in [2.24, 2.45) is 5.73 Å². The lowest BCUT2D eigenvalue weighted by Gasteiger charge is -1.82. The van der Waals surface area contributed by atoms with E-state index in [1.807, 2.05) is 0 Å². The summed E-state index contributed by atoms with van der Waals surface area (Å²) < 4.78 is 0. The maximum absolute atomic E-state index is 7.90. The molecular weight excluding hydrogens is 70.1 g/mol. The highest BCUT2D eigenvalue weighted by molar-refractivity contribution is 6.10. The van der Waals surface area contributed by atoms with Crippen molar-refractivity contribution in [2.45, 2.75) is 5.85 Å². The molecule has 0 aromatic heterocycles. The van der Waals surface area contributed by atoms with Gasteiger partial charge in [-0.2, -0.15) is 0 Å². The van der Waals surface area contributed by atoms with Crippen molar-refractivity contribution in [3.63, 3.8) is 0 Å². The van der Waals surface area contributed by atoms with Crippen LogP contribution in [0.2, 0.25) is 0 Å². The molecule has 0 saturated carbocycles. The van der Waals surface area contributed by atoms with Crippen LogP contribution in [0, 0.1) is 0 Å². The highest BCUT2D eigenvalue weighted by Gasteiger charge is 1.68. The molecule has 0 spiro atoms. The highest BCUT2D eigenvalue weighted by atomic mass is 28.1. The largest absolute Gasteiger partial charge is 0.383 e. The molecule has 0 bridgehead atoms. The summed E-state index contributed by atoms with van der Waals surface area (Å²) in [6, 6.07) is 0. The van der Waals surface area contributed by atoms with Crippen LogP contribution in [0.15, 0.2) is 0 Å². The summed E-state index contributed by atoms with van der Waals surface area (Å²) in [4.78, 5) is 0.